The molecular weight excluding hydrogens is 695 g/mol. The van der Waals surface area contributed by atoms with Crippen molar-refractivity contribution in [3.8, 4) is 44.5 Å². The Bertz CT molecular complexity index is 3200. The van der Waals surface area contributed by atoms with Crippen molar-refractivity contribution in [1.29, 1.82) is 0 Å². The van der Waals surface area contributed by atoms with Gasteiger partial charge in [0.05, 0.1) is 5.69 Å². The van der Waals surface area contributed by atoms with E-state index in [1.807, 2.05) is 18.2 Å². The second-order valence-electron chi connectivity index (χ2n) is 14.5. The average Bonchev–Trinajstić information content (AvgIpc) is 3.87. The van der Waals surface area contributed by atoms with Crippen LogP contribution in [-0.2, 0) is 0 Å². The van der Waals surface area contributed by atoms with Gasteiger partial charge in [-0.15, -0.1) is 0 Å². The molecule has 2 heterocycles. The topological polar surface area (TPSA) is 29.5 Å². The maximum atomic E-state index is 6.83. The number of rotatable bonds is 7. The van der Waals surface area contributed by atoms with Gasteiger partial charge in [0.25, 0.3) is 0 Å². The molecule has 11 rings (SSSR count). The Labute approximate surface area is 330 Å². The Morgan fingerprint density at radius 1 is 0.263 bits per heavy atom. The highest BCUT2D eigenvalue weighted by Gasteiger charge is 2.24. The van der Waals surface area contributed by atoms with E-state index in [0.29, 0.717) is 0 Å². The largest absolute Gasteiger partial charge is 0.455 e. The quantitative estimate of drug-likeness (QED) is 0.164. The fourth-order valence-corrected chi connectivity index (χ4v) is 8.31. The number of nitrogens with zero attached hydrogens (tertiary/aromatic N) is 1. The third kappa shape index (κ3) is 5.68. The van der Waals surface area contributed by atoms with Crippen molar-refractivity contribution in [3.63, 3.8) is 0 Å². The van der Waals surface area contributed by atoms with Crippen LogP contribution in [0.4, 0.5) is 17.1 Å². The molecule has 0 bridgehead atoms. The highest BCUT2D eigenvalue weighted by molar-refractivity contribution is 6.14. The smallest absolute Gasteiger partial charge is 0.160 e. The van der Waals surface area contributed by atoms with Crippen LogP contribution in [-0.4, -0.2) is 0 Å². The summed E-state index contributed by atoms with van der Waals surface area (Å²) in [5, 5.41) is 4.42. The fraction of sp³-hybridized carbons (Fsp3) is 0. The van der Waals surface area contributed by atoms with Crippen molar-refractivity contribution in [2.24, 2.45) is 0 Å². The van der Waals surface area contributed by atoms with Gasteiger partial charge in [0.1, 0.15) is 16.7 Å². The molecule has 0 unspecified atom stereocenters. The molecule has 0 aliphatic rings. The molecule has 2 aromatic heterocycles. The fourth-order valence-electron chi connectivity index (χ4n) is 8.31. The summed E-state index contributed by atoms with van der Waals surface area (Å²) in [6, 6.07) is 75.0. The molecule has 11 aromatic rings. The highest BCUT2D eigenvalue weighted by atomic mass is 16.3. The minimum absolute atomic E-state index is 0.842. The third-order valence-corrected chi connectivity index (χ3v) is 11.1. The lowest BCUT2D eigenvalue weighted by atomic mass is 9.97. The Hall–Kier alpha value is -7.62. The van der Waals surface area contributed by atoms with Crippen LogP contribution in [0.5, 0.6) is 0 Å². The zero-order valence-electron chi connectivity index (χ0n) is 31.0. The lowest BCUT2D eigenvalue weighted by Crippen LogP contribution is -2.11. The van der Waals surface area contributed by atoms with E-state index in [-0.39, 0.29) is 0 Å². The molecule has 0 fully saturated rings. The first-order valence-corrected chi connectivity index (χ1v) is 19.3. The maximum absolute atomic E-state index is 6.83. The minimum atomic E-state index is 0.842. The number of anilines is 3. The third-order valence-electron chi connectivity index (χ3n) is 11.1. The lowest BCUT2D eigenvalue weighted by Gasteiger charge is -2.28. The van der Waals surface area contributed by atoms with Gasteiger partial charge in [0.15, 0.2) is 5.58 Å². The molecule has 0 N–H and O–H groups in total. The first kappa shape index (κ1) is 32.8. The molecule has 0 spiro atoms. The zero-order valence-corrected chi connectivity index (χ0v) is 31.0. The predicted molar refractivity (Wildman–Crippen MR) is 237 cm³/mol. The van der Waals surface area contributed by atoms with E-state index in [1.165, 1.54) is 16.7 Å². The summed E-state index contributed by atoms with van der Waals surface area (Å²) in [4.78, 5) is 2.35. The Morgan fingerprint density at radius 2 is 0.684 bits per heavy atom. The second-order valence-corrected chi connectivity index (χ2v) is 14.5. The van der Waals surface area contributed by atoms with E-state index in [1.54, 1.807) is 0 Å². The summed E-state index contributed by atoms with van der Waals surface area (Å²) in [5.41, 5.74) is 15.6. The molecule has 0 radical (unpaired) electrons. The SMILES string of the molecule is c1ccc(-c2ccc(-c3ccc(N(c4ccc(-c5cccc6c5oc5ccccc56)cc4)c4c(-c5ccccc5)ccc5c4oc4ccccc45)cc3)cc2)cc1. The lowest BCUT2D eigenvalue weighted by molar-refractivity contribution is 0.669. The van der Waals surface area contributed by atoms with Crippen LogP contribution < -0.4 is 4.90 Å². The van der Waals surface area contributed by atoms with Gasteiger partial charge in [0, 0.05) is 44.0 Å². The number of benzene rings is 9. The van der Waals surface area contributed by atoms with Crippen LogP contribution in [0.15, 0.2) is 221 Å². The molecule has 0 saturated heterocycles. The Kier molecular flexibility index (Phi) is 7.82. The molecule has 0 aliphatic carbocycles. The number of fused-ring (bicyclic) bond motifs is 6. The van der Waals surface area contributed by atoms with Crippen LogP contribution in [0.2, 0.25) is 0 Å². The molecule has 0 saturated carbocycles. The summed E-state index contributed by atoms with van der Waals surface area (Å²) < 4.78 is 13.3. The minimum Gasteiger partial charge on any atom is -0.455 e. The maximum Gasteiger partial charge on any atom is 0.160 e. The molecule has 3 heteroatoms. The summed E-state index contributed by atoms with van der Waals surface area (Å²) in [6.07, 6.45) is 0. The van der Waals surface area contributed by atoms with Gasteiger partial charge in [0.2, 0.25) is 0 Å². The number of hydrogen-bond donors (Lipinski definition) is 0. The van der Waals surface area contributed by atoms with Gasteiger partial charge in [-0.2, -0.15) is 0 Å². The van der Waals surface area contributed by atoms with Crippen LogP contribution in [0.25, 0.3) is 88.4 Å². The van der Waals surface area contributed by atoms with Crippen molar-refractivity contribution in [3.05, 3.63) is 212 Å². The molecular formula is C54H35NO2. The molecule has 0 aliphatic heterocycles. The van der Waals surface area contributed by atoms with Gasteiger partial charge in [-0.05, 0) is 75.8 Å². The summed E-state index contributed by atoms with van der Waals surface area (Å²) in [7, 11) is 0. The second kappa shape index (κ2) is 13.6. The van der Waals surface area contributed by atoms with E-state index >= 15 is 0 Å². The Morgan fingerprint density at radius 3 is 1.28 bits per heavy atom. The van der Waals surface area contributed by atoms with Gasteiger partial charge in [-0.25, -0.2) is 0 Å². The highest BCUT2D eigenvalue weighted by Crippen LogP contribution is 2.48. The van der Waals surface area contributed by atoms with Crippen LogP contribution in [0.3, 0.4) is 0 Å². The van der Waals surface area contributed by atoms with Gasteiger partial charge < -0.3 is 13.7 Å². The van der Waals surface area contributed by atoms with E-state index in [9.17, 15) is 0 Å². The van der Waals surface area contributed by atoms with Gasteiger partial charge in [-0.1, -0.05) is 170 Å². The summed E-state index contributed by atoms with van der Waals surface area (Å²) in [6.45, 7) is 0. The van der Waals surface area contributed by atoms with Crippen molar-refractivity contribution < 1.29 is 8.83 Å². The van der Waals surface area contributed by atoms with Crippen LogP contribution in [0.1, 0.15) is 0 Å². The monoisotopic (exact) mass is 729 g/mol. The van der Waals surface area contributed by atoms with Gasteiger partial charge >= 0.3 is 0 Å². The molecule has 57 heavy (non-hydrogen) atoms. The van der Waals surface area contributed by atoms with E-state index in [4.69, 9.17) is 8.83 Å². The average molecular weight is 730 g/mol. The standard InChI is InChI=1S/C54H35NO2/c1-3-12-36(13-4-1)37-22-24-38(25-23-37)39-26-30-42(31-27-39)55(43-32-28-41(29-33-43)45-18-11-19-48-46-16-7-9-20-50(46)56-53(45)48)52-44(40-14-5-2-6-15-40)34-35-49-47-17-8-10-21-51(47)57-54(49)52/h1-35H. The number of para-hydroxylation sites is 3. The summed E-state index contributed by atoms with van der Waals surface area (Å²) >= 11 is 0. The summed E-state index contributed by atoms with van der Waals surface area (Å²) in [5.74, 6) is 0. The Balaban J connectivity index is 1.08. The normalized spacial score (nSPS) is 11.5. The molecule has 0 atom stereocenters. The van der Waals surface area contributed by atoms with Crippen molar-refractivity contribution >= 4 is 60.9 Å². The van der Waals surface area contributed by atoms with Crippen molar-refractivity contribution in [1.82, 2.24) is 0 Å². The number of furan rings is 2. The first-order chi connectivity index (χ1) is 28.3. The predicted octanol–water partition coefficient (Wildman–Crippen LogP) is 15.6. The van der Waals surface area contributed by atoms with Gasteiger partial charge in [-0.3, -0.25) is 0 Å². The molecule has 268 valence electrons. The first-order valence-electron chi connectivity index (χ1n) is 19.3. The van der Waals surface area contributed by atoms with Crippen molar-refractivity contribution in [2.45, 2.75) is 0 Å². The van der Waals surface area contributed by atoms with Crippen LogP contribution in [0, 0.1) is 0 Å². The van der Waals surface area contributed by atoms with Crippen molar-refractivity contribution in [2.75, 3.05) is 4.90 Å². The molecule has 0 amide bonds. The van der Waals surface area contributed by atoms with E-state index in [2.05, 4.69) is 199 Å². The molecule has 3 nitrogen and oxygen atoms in total. The van der Waals surface area contributed by atoms with E-state index in [0.717, 1.165) is 88.8 Å². The zero-order chi connectivity index (χ0) is 37.7. The molecule has 9 aromatic carbocycles. The number of hydrogen-bond acceptors (Lipinski definition) is 3. The van der Waals surface area contributed by atoms with Crippen LogP contribution >= 0.6 is 0 Å². The van der Waals surface area contributed by atoms with E-state index < -0.39 is 0 Å².